The van der Waals surface area contributed by atoms with E-state index in [2.05, 4.69) is 5.16 Å². The summed E-state index contributed by atoms with van der Waals surface area (Å²) in [5, 5.41) is 3.81. The van der Waals surface area contributed by atoms with Gasteiger partial charge in [0, 0.05) is 12.6 Å². The Morgan fingerprint density at radius 2 is 2.00 bits per heavy atom. The van der Waals surface area contributed by atoms with Gasteiger partial charge >= 0.3 is 0 Å². The van der Waals surface area contributed by atoms with Gasteiger partial charge in [-0.15, -0.1) is 0 Å². The van der Waals surface area contributed by atoms with Crippen molar-refractivity contribution in [1.82, 2.24) is 0 Å². The van der Waals surface area contributed by atoms with E-state index in [0.717, 1.165) is 12.3 Å². The van der Waals surface area contributed by atoms with Gasteiger partial charge in [0.25, 0.3) is 0 Å². The van der Waals surface area contributed by atoms with Crippen LogP contribution in [0.15, 0.2) is 5.16 Å². The van der Waals surface area contributed by atoms with Gasteiger partial charge in [0.1, 0.15) is 6.10 Å². The van der Waals surface area contributed by atoms with Crippen LogP contribution in [0.2, 0.25) is 0 Å². The second-order valence-corrected chi connectivity index (χ2v) is 3.57. The topological polar surface area (TPSA) is 21.6 Å². The molecule has 1 fully saturated rings. The summed E-state index contributed by atoms with van der Waals surface area (Å²) in [7, 11) is 0. The molecule has 0 aromatic carbocycles. The number of oxime groups is 1. The van der Waals surface area contributed by atoms with Crippen molar-refractivity contribution in [1.29, 1.82) is 0 Å². The maximum absolute atomic E-state index is 5.26. The minimum atomic E-state index is 0.426. The first-order valence-electron chi connectivity index (χ1n) is 4.64. The highest BCUT2D eigenvalue weighted by Crippen LogP contribution is 2.30. The highest BCUT2D eigenvalue weighted by molar-refractivity contribution is 5.58. The molecule has 2 aliphatic rings. The zero-order valence-corrected chi connectivity index (χ0v) is 6.83. The molecule has 0 unspecified atom stereocenters. The van der Waals surface area contributed by atoms with E-state index < -0.39 is 0 Å². The molecule has 2 heteroatoms. The predicted octanol–water partition coefficient (Wildman–Crippen LogP) is 2.34. The maximum atomic E-state index is 5.26. The molecule has 1 heterocycles. The first-order valence-corrected chi connectivity index (χ1v) is 4.64. The number of hydrogen-bond donors (Lipinski definition) is 0. The molecule has 0 amide bonds. The zero-order chi connectivity index (χ0) is 7.52. The third-order valence-corrected chi connectivity index (χ3v) is 2.78. The van der Waals surface area contributed by atoms with E-state index in [-0.39, 0.29) is 0 Å². The van der Waals surface area contributed by atoms with E-state index in [0.29, 0.717) is 6.10 Å². The van der Waals surface area contributed by atoms with Crippen LogP contribution in [0.1, 0.15) is 38.5 Å². The second-order valence-electron chi connectivity index (χ2n) is 3.57. The molecule has 1 aliphatic carbocycles. The summed E-state index contributed by atoms with van der Waals surface area (Å²) in [6.07, 6.45) is 10.3. The minimum absolute atomic E-state index is 0.426. The molecular weight excluding hydrogens is 138 g/mol. The van der Waals surface area contributed by atoms with Gasteiger partial charge in [0.2, 0.25) is 0 Å². The highest BCUT2D eigenvalue weighted by Gasteiger charge is 2.26. The first-order chi connectivity index (χ1) is 5.47. The standard InChI is InChI=1S/C9H15NO/c1-2-4-8(5-3-1)9-6-7-10-11-9/h7-9H,1-6H2/t9-/m0/s1. The molecular formula is C9H15NO. The Labute approximate surface area is 67.6 Å². The van der Waals surface area contributed by atoms with Gasteiger partial charge in [-0.1, -0.05) is 24.4 Å². The van der Waals surface area contributed by atoms with E-state index in [4.69, 9.17) is 4.84 Å². The summed E-state index contributed by atoms with van der Waals surface area (Å²) in [4.78, 5) is 5.26. The summed E-state index contributed by atoms with van der Waals surface area (Å²) >= 11 is 0. The van der Waals surface area contributed by atoms with Gasteiger partial charge in [-0.25, -0.2) is 0 Å². The molecule has 0 N–H and O–H groups in total. The summed E-state index contributed by atoms with van der Waals surface area (Å²) in [5.74, 6) is 0.797. The molecule has 0 radical (unpaired) electrons. The third-order valence-electron chi connectivity index (χ3n) is 2.78. The van der Waals surface area contributed by atoms with Crippen molar-refractivity contribution >= 4 is 6.21 Å². The largest absolute Gasteiger partial charge is 0.392 e. The van der Waals surface area contributed by atoms with Crippen LogP contribution in [0.4, 0.5) is 0 Å². The van der Waals surface area contributed by atoms with Crippen molar-refractivity contribution in [3.63, 3.8) is 0 Å². The zero-order valence-electron chi connectivity index (χ0n) is 6.83. The SMILES string of the molecule is C1=NO[C@H](C2CCCCC2)C1. The van der Waals surface area contributed by atoms with Crippen molar-refractivity contribution < 1.29 is 4.84 Å². The van der Waals surface area contributed by atoms with Crippen molar-refractivity contribution in [3.05, 3.63) is 0 Å². The lowest BCUT2D eigenvalue weighted by atomic mass is 9.84. The Hall–Kier alpha value is -0.530. The van der Waals surface area contributed by atoms with Crippen molar-refractivity contribution in [2.24, 2.45) is 11.1 Å². The van der Waals surface area contributed by atoms with Crippen LogP contribution >= 0.6 is 0 Å². The van der Waals surface area contributed by atoms with E-state index in [1.807, 2.05) is 6.21 Å². The molecule has 0 saturated heterocycles. The fourth-order valence-electron chi connectivity index (χ4n) is 2.10. The Bertz CT molecular complexity index is 142. The van der Waals surface area contributed by atoms with Gasteiger partial charge in [-0.05, 0) is 18.8 Å². The van der Waals surface area contributed by atoms with E-state index in [1.165, 1.54) is 32.1 Å². The predicted molar refractivity (Wildman–Crippen MR) is 44.6 cm³/mol. The fourth-order valence-corrected chi connectivity index (χ4v) is 2.10. The Morgan fingerprint density at radius 3 is 2.64 bits per heavy atom. The van der Waals surface area contributed by atoms with Crippen molar-refractivity contribution in [3.8, 4) is 0 Å². The van der Waals surface area contributed by atoms with Crippen molar-refractivity contribution in [2.45, 2.75) is 44.6 Å². The average molecular weight is 153 g/mol. The smallest absolute Gasteiger partial charge is 0.135 e. The van der Waals surface area contributed by atoms with Gasteiger partial charge in [-0.3, -0.25) is 0 Å². The molecule has 1 aliphatic heterocycles. The normalized spacial score (nSPS) is 32.2. The van der Waals surface area contributed by atoms with Crippen LogP contribution in [0.3, 0.4) is 0 Å². The Balaban J connectivity index is 1.83. The Kier molecular flexibility index (Phi) is 2.11. The first kappa shape index (κ1) is 7.14. The van der Waals surface area contributed by atoms with Crippen molar-refractivity contribution in [2.75, 3.05) is 0 Å². The molecule has 0 aromatic rings. The van der Waals surface area contributed by atoms with Crippen LogP contribution in [-0.4, -0.2) is 12.3 Å². The summed E-state index contributed by atoms with van der Waals surface area (Å²) in [6, 6.07) is 0. The molecule has 0 aromatic heterocycles. The number of hydrogen-bond acceptors (Lipinski definition) is 2. The minimum Gasteiger partial charge on any atom is -0.392 e. The molecule has 2 rings (SSSR count). The molecule has 62 valence electrons. The van der Waals surface area contributed by atoms with Crippen LogP contribution in [0.25, 0.3) is 0 Å². The highest BCUT2D eigenvalue weighted by atomic mass is 16.6. The summed E-state index contributed by atoms with van der Waals surface area (Å²) in [5.41, 5.74) is 0. The second kappa shape index (κ2) is 3.24. The molecule has 1 atom stereocenters. The summed E-state index contributed by atoms with van der Waals surface area (Å²) < 4.78 is 0. The lowest BCUT2D eigenvalue weighted by Crippen LogP contribution is -2.22. The maximum Gasteiger partial charge on any atom is 0.135 e. The quantitative estimate of drug-likeness (QED) is 0.566. The van der Waals surface area contributed by atoms with E-state index >= 15 is 0 Å². The lowest BCUT2D eigenvalue weighted by Gasteiger charge is -2.25. The van der Waals surface area contributed by atoms with Crippen LogP contribution < -0.4 is 0 Å². The van der Waals surface area contributed by atoms with Gasteiger partial charge in [0.05, 0.1) is 0 Å². The fraction of sp³-hybridized carbons (Fsp3) is 0.889. The van der Waals surface area contributed by atoms with Crippen LogP contribution in [0, 0.1) is 5.92 Å². The molecule has 11 heavy (non-hydrogen) atoms. The monoisotopic (exact) mass is 153 g/mol. The number of rotatable bonds is 1. The average Bonchev–Trinajstić information content (AvgIpc) is 2.58. The molecule has 0 bridgehead atoms. The molecule has 1 saturated carbocycles. The van der Waals surface area contributed by atoms with Crippen LogP contribution in [0.5, 0.6) is 0 Å². The lowest BCUT2D eigenvalue weighted by molar-refractivity contribution is 0.0268. The van der Waals surface area contributed by atoms with Gasteiger partial charge in [-0.2, -0.15) is 0 Å². The number of nitrogens with zero attached hydrogens (tertiary/aromatic N) is 1. The molecule has 0 spiro atoms. The van der Waals surface area contributed by atoms with Gasteiger partial charge < -0.3 is 4.84 Å². The third kappa shape index (κ3) is 1.55. The van der Waals surface area contributed by atoms with E-state index in [1.54, 1.807) is 0 Å². The van der Waals surface area contributed by atoms with E-state index in [9.17, 15) is 0 Å². The van der Waals surface area contributed by atoms with Gasteiger partial charge in [0.15, 0.2) is 0 Å². The molecule has 2 nitrogen and oxygen atoms in total. The Morgan fingerprint density at radius 1 is 1.18 bits per heavy atom. The summed E-state index contributed by atoms with van der Waals surface area (Å²) in [6.45, 7) is 0. The van der Waals surface area contributed by atoms with Crippen LogP contribution in [-0.2, 0) is 4.84 Å².